The van der Waals surface area contributed by atoms with Crippen LogP contribution >= 0.6 is 11.3 Å². The van der Waals surface area contributed by atoms with Gasteiger partial charge >= 0.3 is 5.97 Å². The fourth-order valence-corrected chi connectivity index (χ4v) is 4.50. The van der Waals surface area contributed by atoms with Gasteiger partial charge in [-0.25, -0.2) is 9.78 Å². The Morgan fingerprint density at radius 1 is 1.42 bits per heavy atom. The van der Waals surface area contributed by atoms with Crippen LogP contribution in [0.25, 0.3) is 5.65 Å². The summed E-state index contributed by atoms with van der Waals surface area (Å²) in [5.74, 6) is 0.322. The van der Waals surface area contributed by atoms with Crippen LogP contribution in [0.2, 0.25) is 0 Å². The van der Waals surface area contributed by atoms with Crippen molar-refractivity contribution in [3.8, 4) is 0 Å². The molecule has 3 aromatic heterocycles. The number of carbonyl (C=O) groups is 1. The van der Waals surface area contributed by atoms with Crippen LogP contribution in [0.1, 0.15) is 44.7 Å². The van der Waals surface area contributed by atoms with Crippen molar-refractivity contribution in [3.63, 3.8) is 0 Å². The molecule has 0 unspecified atom stereocenters. The molecule has 0 aromatic carbocycles. The summed E-state index contributed by atoms with van der Waals surface area (Å²) in [6.45, 7) is 4.14. The number of hydrogen-bond acceptors (Lipinski definition) is 5. The maximum atomic E-state index is 12.4. The van der Waals surface area contributed by atoms with Gasteiger partial charge in [-0.3, -0.25) is 9.20 Å². The van der Waals surface area contributed by atoms with Crippen molar-refractivity contribution >= 4 is 23.0 Å². The van der Waals surface area contributed by atoms with Gasteiger partial charge in [-0.1, -0.05) is 13.0 Å². The number of aromatic nitrogens is 2. The van der Waals surface area contributed by atoms with Gasteiger partial charge in [0.2, 0.25) is 0 Å². The fourth-order valence-electron chi connectivity index (χ4n) is 3.40. The Hall–Kier alpha value is -2.47. The molecule has 0 spiro atoms. The van der Waals surface area contributed by atoms with Gasteiger partial charge in [0.15, 0.2) is 0 Å². The Bertz CT molecular complexity index is 1050. The molecule has 0 amide bonds. The van der Waals surface area contributed by atoms with Crippen LogP contribution in [0.5, 0.6) is 0 Å². The molecule has 1 aliphatic rings. The zero-order valence-electron chi connectivity index (χ0n) is 14.8. The van der Waals surface area contributed by atoms with Crippen molar-refractivity contribution in [1.29, 1.82) is 0 Å². The van der Waals surface area contributed by atoms with E-state index in [1.54, 1.807) is 6.20 Å². The molecule has 5 nitrogen and oxygen atoms in total. The second-order valence-corrected chi connectivity index (χ2v) is 8.09. The molecule has 26 heavy (non-hydrogen) atoms. The monoisotopic (exact) mass is 368 g/mol. The van der Waals surface area contributed by atoms with E-state index in [0.29, 0.717) is 22.1 Å². The van der Waals surface area contributed by atoms with E-state index in [-0.39, 0.29) is 18.1 Å². The number of pyridine rings is 1. The number of aryl methyl sites for hydroxylation is 2. The van der Waals surface area contributed by atoms with Gasteiger partial charge in [0.05, 0.1) is 5.69 Å². The first kappa shape index (κ1) is 17.0. The third-order valence-corrected chi connectivity index (χ3v) is 6.04. The highest BCUT2D eigenvalue weighted by atomic mass is 32.1. The molecule has 0 aliphatic heterocycles. The fraction of sp³-hybridized carbons (Fsp3) is 0.350. The lowest BCUT2D eigenvalue weighted by Crippen LogP contribution is -2.17. The quantitative estimate of drug-likeness (QED) is 0.664. The highest BCUT2D eigenvalue weighted by Gasteiger charge is 2.21. The van der Waals surface area contributed by atoms with E-state index in [2.05, 4.69) is 11.9 Å². The Labute approximate surface area is 155 Å². The number of esters is 1. The smallest absolute Gasteiger partial charge is 0.348 e. The lowest BCUT2D eigenvalue weighted by Gasteiger charge is -2.16. The molecule has 134 valence electrons. The first-order chi connectivity index (χ1) is 12.5. The SMILES string of the molecule is Cc1cccn2c(=O)cc(COC(=O)c3cc4c(s3)CC[C@H](C)C4)nc12. The van der Waals surface area contributed by atoms with Crippen molar-refractivity contribution in [3.05, 3.63) is 67.4 Å². The molecular formula is C20H20N2O3S. The molecule has 0 N–H and O–H groups in total. The molecule has 0 saturated carbocycles. The van der Waals surface area contributed by atoms with E-state index >= 15 is 0 Å². The van der Waals surface area contributed by atoms with E-state index < -0.39 is 0 Å². The summed E-state index contributed by atoms with van der Waals surface area (Å²) in [5, 5.41) is 0. The number of hydrogen-bond donors (Lipinski definition) is 0. The lowest BCUT2D eigenvalue weighted by atomic mass is 9.90. The Balaban J connectivity index is 1.52. The van der Waals surface area contributed by atoms with Gasteiger partial charge in [-0.15, -0.1) is 11.3 Å². The van der Waals surface area contributed by atoms with Gasteiger partial charge in [-0.05, 0) is 55.4 Å². The van der Waals surface area contributed by atoms with Crippen molar-refractivity contribution in [2.24, 2.45) is 5.92 Å². The molecule has 0 fully saturated rings. The zero-order chi connectivity index (χ0) is 18.3. The highest BCUT2D eigenvalue weighted by molar-refractivity contribution is 7.14. The van der Waals surface area contributed by atoms with Gasteiger partial charge in [-0.2, -0.15) is 0 Å². The molecule has 0 saturated heterocycles. The average Bonchev–Trinajstić information content (AvgIpc) is 3.04. The van der Waals surface area contributed by atoms with Crippen molar-refractivity contribution in [2.75, 3.05) is 0 Å². The average molecular weight is 368 g/mol. The van der Waals surface area contributed by atoms with E-state index in [9.17, 15) is 9.59 Å². The second-order valence-electron chi connectivity index (χ2n) is 6.95. The predicted molar refractivity (Wildman–Crippen MR) is 101 cm³/mol. The topological polar surface area (TPSA) is 60.7 Å². The summed E-state index contributed by atoms with van der Waals surface area (Å²) in [6, 6.07) is 7.09. The summed E-state index contributed by atoms with van der Waals surface area (Å²) in [6.07, 6.45) is 4.93. The Kier molecular flexibility index (Phi) is 4.36. The maximum Gasteiger partial charge on any atom is 0.348 e. The molecule has 6 heteroatoms. The number of ether oxygens (including phenoxy) is 1. The largest absolute Gasteiger partial charge is 0.455 e. The van der Waals surface area contributed by atoms with Crippen LogP contribution < -0.4 is 5.56 Å². The molecule has 3 aromatic rings. The first-order valence-corrected chi connectivity index (χ1v) is 9.59. The highest BCUT2D eigenvalue weighted by Crippen LogP contribution is 2.32. The van der Waals surface area contributed by atoms with Crippen LogP contribution in [0.4, 0.5) is 0 Å². The van der Waals surface area contributed by atoms with Crippen molar-refractivity contribution in [2.45, 2.75) is 39.7 Å². The Morgan fingerprint density at radius 3 is 3.12 bits per heavy atom. The summed E-state index contributed by atoms with van der Waals surface area (Å²) >= 11 is 1.53. The molecule has 0 radical (unpaired) electrons. The van der Waals surface area contributed by atoms with Gasteiger partial charge in [0.25, 0.3) is 5.56 Å². The van der Waals surface area contributed by atoms with E-state index in [4.69, 9.17) is 4.74 Å². The van der Waals surface area contributed by atoms with E-state index in [0.717, 1.165) is 18.4 Å². The predicted octanol–water partition coefficient (Wildman–Crippen LogP) is 3.55. The molecule has 3 heterocycles. The number of thiophene rings is 1. The van der Waals surface area contributed by atoms with E-state index in [1.807, 2.05) is 25.1 Å². The molecule has 1 aliphatic carbocycles. The zero-order valence-corrected chi connectivity index (χ0v) is 15.6. The Morgan fingerprint density at radius 2 is 2.27 bits per heavy atom. The number of nitrogens with zero attached hydrogens (tertiary/aromatic N) is 2. The second kappa shape index (κ2) is 6.68. The van der Waals surface area contributed by atoms with Crippen LogP contribution in [-0.2, 0) is 24.2 Å². The summed E-state index contributed by atoms with van der Waals surface area (Å²) in [5.41, 5.74) is 3.06. The van der Waals surface area contributed by atoms with Crippen molar-refractivity contribution in [1.82, 2.24) is 9.38 Å². The maximum absolute atomic E-state index is 12.4. The third-order valence-electron chi connectivity index (χ3n) is 4.82. The number of rotatable bonds is 3. The van der Waals surface area contributed by atoms with E-state index in [1.165, 1.54) is 38.7 Å². The van der Waals surface area contributed by atoms with Crippen LogP contribution in [0.3, 0.4) is 0 Å². The standard InChI is InChI=1S/C20H20N2O3S/c1-12-5-6-16-14(8-12)9-17(26-16)20(24)25-11-15-10-18(23)22-7-3-4-13(2)19(22)21-15/h3-4,7,9-10,12H,5-6,8,11H2,1-2H3/t12-/m0/s1. The van der Waals surface area contributed by atoms with Crippen LogP contribution in [0.15, 0.2) is 35.3 Å². The normalized spacial score (nSPS) is 16.5. The van der Waals surface area contributed by atoms with Gasteiger partial charge in [0, 0.05) is 17.1 Å². The van der Waals surface area contributed by atoms with Crippen LogP contribution in [0, 0.1) is 12.8 Å². The minimum Gasteiger partial charge on any atom is -0.455 e. The molecular weight excluding hydrogens is 348 g/mol. The molecule has 4 rings (SSSR count). The minimum atomic E-state index is -0.344. The summed E-state index contributed by atoms with van der Waals surface area (Å²) in [4.78, 5) is 31.0. The molecule has 1 atom stereocenters. The minimum absolute atomic E-state index is 0.00211. The summed E-state index contributed by atoms with van der Waals surface area (Å²) in [7, 11) is 0. The molecule has 0 bridgehead atoms. The lowest BCUT2D eigenvalue weighted by molar-refractivity contribution is 0.0473. The van der Waals surface area contributed by atoms with Crippen molar-refractivity contribution < 1.29 is 9.53 Å². The summed E-state index contributed by atoms with van der Waals surface area (Å²) < 4.78 is 6.92. The van der Waals surface area contributed by atoms with Crippen LogP contribution in [-0.4, -0.2) is 15.4 Å². The number of fused-ring (bicyclic) bond motifs is 2. The van der Waals surface area contributed by atoms with Gasteiger partial charge < -0.3 is 4.74 Å². The number of carbonyl (C=O) groups excluding carboxylic acids is 1. The third kappa shape index (κ3) is 3.17. The van der Waals surface area contributed by atoms with Gasteiger partial charge in [0.1, 0.15) is 17.1 Å². The first-order valence-electron chi connectivity index (χ1n) is 8.78.